The fraction of sp³-hybridized carbons (Fsp3) is 0.222. The quantitative estimate of drug-likeness (QED) is 0.223. The van der Waals surface area contributed by atoms with Gasteiger partial charge in [0.1, 0.15) is 12.1 Å². The number of carbonyl (C=O) groups is 1. The topological polar surface area (TPSA) is 120 Å². The number of aromatic nitrogens is 6. The Morgan fingerprint density at radius 1 is 1.05 bits per heavy atom. The van der Waals surface area contributed by atoms with Crippen LogP contribution in [0.5, 0.6) is 5.75 Å². The third-order valence-electron chi connectivity index (χ3n) is 5.88. The molecule has 3 heterocycles. The smallest absolute Gasteiger partial charge is 0.490 e. The van der Waals surface area contributed by atoms with E-state index < -0.39 is 18.0 Å². The van der Waals surface area contributed by atoms with E-state index in [0.29, 0.717) is 28.6 Å². The number of fused-ring (bicyclic) bond motifs is 1. The van der Waals surface area contributed by atoms with E-state index in [2.05, 4.69) is 49.7 Å². The van der Waals surface area contributed by atoms with Crippen LogP contribution < -0.4 is 10.1 Å². The van der Waals surface area contributed by atoms with Crippen LogP contribution in [0, 0.1) is 12.7 Å². The van der Waals surface area contributed by atoms with Crippen LogP contribution in [0.15, 0.2) is 61.3 Å². The Kier molecular flexibility index (Phi) is 9.25. The SMILES string of the molecule is COc1ccc(Cl)c(CNc2ncnc3nn(Cc4ccc(Cn5cc(C)cn5)cc4)cc23)c1F.O=C(O)C(F)(F)F. The molecule has 15 heteroatoms. The lowest BCUT2D eigenvalue weighted by Gasteiger charge is -2.11. The molecular weight excluding hydrogens is 582 g/mol. The fourth-order valence-corrected chi connectivity index (χ4v) is 4.06. The lowest BCUT2D eigenvalue weighted by Crippen LogP contribution is -2.21. The van der Waals surface area contributed by atoms with Gasteiger partial charge < -0.3 is 15.2 Å². The molecule has 220 valence electrons. The van der Waals surface area contributed by atoms with Gasteiger partial charge in [-0.05, 0) is 35.7 Å². The number of hydrogen-bond donors (Lipinski definition) is 2. The summed E-state index contributed by atoms with van der Waals surface area (Å²) in [6.07, 6.45) is 2.09. The number of carboxylic acid groups (broad SMARTS) is 1. The molecule has 0 spiro atoms. The standard InChI is InChI=1S/C25H23ClFN7O.C2HF3O2/c1-16-9-31-33(11-16)12-17-3-5-18(6-4-17)13-34-14-20-24(29-15-30-25(20)32-34)28-10-19-21(26)7-8-22(35-2)23(19)27;3-2(4,5)1(6)7/h3-9,11,14-15H,10,12-13H2,1-2H3,(H,28,29,30,32);(H,6,7). The van der Waals surface area contributed by atoms with E-state index in [1.807, 2.05) is 34.9 Å². The Morgan fingerprint density at radius 2 is 1.69 bits per heavy atom. The lowest BCUT2D eigenvalue weighted by molar-refractivity contribution is -0.192. The van der Waals surface area contributed by atoms with Crippen LogP contribution in [-0.2, 0) is 24.4 Å². The van der Waals surface area contributed by atoms with Crippen molar-refractivity contribution in [3.8, 4) is 5.75 Å². The van der Waals surface area contributed by atoms with Gasteiger partial charge in [-0.3, -0.25) is 9.36 Å². The monoisotopic (exact) mass is 605 g/mol. The van der Waals surface area contributed by atoms with Crippen LogP contribution in [0.4, 0.5) is 23.4 Å². The summed E-state index contributed by atoms with van der Waals surface area (Å²) in [5, 5.41) is 20.2. The van der Waals surface area contributed by atoms with Crippen molar-refractivity contribution in [2.45, 2.75) is 32.7 Å². The first kappa shape index (κ1) is 30.2. The van der Waals surface area contributed by atoms with Crippen molar-refractivity contribution in [2.24, 2.45) is 0 Å². The normalized spacial score (nSPS) is 11.2. The van der Waals surface area contributed by atoms with Crippen molar-refractivity contribution in [3.63, 3.8) is 0 Å². The summed E-state index contributed by atoms with van der Waals surface area (Å²) in [5.74, 6) is -2.57. The van der Waals surface area contributed by atoms with Gasteiger partial charge in [0.2, 0.25) is 0 Å². The zero-order chi connectivity index (χ0) is 30.4. The summed E-state index contributed by atoms with van der Waals surface area (Å²) < 4.78 is 55.2. The number of hydrogen-bond acceptors (Lipinski definition) is 7. The first-order chi connectivity index (χ1) is 19.9. The second-order valence-corrected chi connectivity index (χ2v) is 9.42. The van der Waals surface area contributed by atoms with Crippen molar-refractivity contribution in [1.82, 2.24) is 29.5 Å². The van der Waals surface area contributed by atoms with Crippen molar-refractivity contribution in [3.05, 3.63) is 94.4 Å². The number of halogens is 5. The van der Waals surface area contributed by atoms with Gasteiger partial charge in [-0.2, -0.15) is 23.4 Å². The Hall–Kier alpha value is -4.72. The number of aryl methyl sites for hydroxylation is 1. The molecule has 5 rings (SSSR count). The third kappa shape index (κ3) is 7.51. The maximum atomic E-state index is 14.6. The molecule has 0 bridgehead atoms. The zero-order valence-electron chi connectivity index (χ0n) is 22.2. The maximum Gasteiger partial charge on any atom is 0.490 e. The number of nitrogens with one attached hydrogen (secondary N) is 1. The van der Waals surface area contributed by atoms with Crippen LogP contribution in [0.1, 0.15) is 22.3 Å². The average Bonchev–Trinajstić information content (AvgIpc) is 3.55. The molecule has 2 aromatic carbocycles. The fourth-order valence-electron chi connectivity index (χ4n) is 3.85. The Labute approximate surface area is 241 Å². The largest absolute Gasteiger partial charge is 0.494 e. The summed E-state index contributed by atoms with van der Waals surface area (Å²) in [6.45, 7) is 3.46. The van der Waals surface area contributed by atoms with Crippen LogP contribution >= 0.6 is 11.6 Å². The van der Waals surface area contributed by atoms with Gasteiger partial charge in [0.25, 0.3) is 0 Å². The molecule has 0 fully saturated rings. The third-order valence-corrected chi connectivity index (χ3v) is 6.24. The number of rotatable bonds is 8. The molecule has 42 heavy (non-hydrogen) atoms. The number of nitrogens with zero attached hydrogens (tertiary/aromatic N) is 6. The molecule has 0 aliphatic rings. The van der Waals surface area contributed by atoms with Crippen LogP contribution in [0.2, 0.25) is 5.02 Å². The van der Waals surface area contributed by atoms with E-state index in [1.54, 1.807) is 6.07 Å². The number of methoxy groups -OCH3 is 1. The van der Waals surface area contributed by atoms with Crippen LogP contribution in [-0.4, -0.2) is 53.9 Å². The van der Waals surface area contributed by atoms with Gasteiger partial charge in [0.15, 0.2) is 17.2 Å². The van der Waals surface area contributed by atoms with E-state index in [9.17, 15) is 17.6 Å². The predicted octanol–water partition coefficient (Wildman–Crippen LogP) is 5.47. The molecule has 5 aromatic rings. The molecule has 0 radical (unpaired) electrons. The summed E-state index contributed by atoms with van der Waals surface area (Å²) in [5.41, 5.74) is 4.26. The van der Waals surface area contributed by atoms with Crippen molar-refractivity contribution in [2.75, 3.05) is 12.4 Å². The number of ether oxygens (including phenoxy) is 1. The summed E-state index contributed by atoms with van der Waals surface area (Å²) >= 11 is 6.21. The number of alkyl halides is 3. The first-order valence-corrected chi connectivity index (χ1v) is 12.6. The second kappa shape index (κ2) is 12.9. The Balaban J connectivity index is 0.000000517. The molecular formula is C27H24ClF4N7O3. The molecule has 3 aromatic heterocycles. The summed E-state index contributed by atoms with van der Waals surface area (Å²) in [7, 11) is 1.42. The zero-order valence-corrected chi connectivity index (χ0v) is 23.0. The maximum absolute atomic E-state index is 14.6. The molecule has 10 nitrogen and oxygen atoms in total. The molecule has 0 amide bonds. The molecule has 2 N–H and O–H groups in total. The minimum Gasteiger partial charge on any atom is -0.494 e. The minimum atomic E-state index is -5.08. The summed E-state index contributed by atoms with van der Waals surface area (Å²) in [6, 6.07) is 11.4. The van der Waals surface area contributed by atoms with Crippen LogP contribution in [0.3, 0.4) is 0 Å². The minimum absolute atomic E-state index is 0.135. The van der Waals surface area contributed by atoms with E-state index in [4.69, 9.17) is 26.2 Å². The van der Waals surface area contributed by atoms with Gasteiger partial charge in [0, 0.05) is 29.5 Å². The highest BCUT2D eigenvalue weighted by Crippen LogP contribution is 2.28. The first-order valence-electron chi connectivity index (χ1n) is 12.2. The number of benzene rings is 2. The molecule has 0 aliphatic carbocycles. The highest BCUT2D eigenvalue weighted by Gasteiger charge is 2.38. The Morgan fingerprint density at radius 3 is 2.26 bits per heavy atom. The lowest BCUT2D eigenvalue weighted by atomic mass is 10.1. The Bertz CT molecular complexity index is 1690. The van der Waals surface area contributed by atoms with Crippen LogP contribution in [0.25, 0.3) is 11.0 Å². The molecule has 0 aliphatic heterocycles. The van der Waals surface area contributed by atoms with E-state index >= 15 is 0 Å². The number of anilines is 1. The van der Waals surface area contributed by atoms with E-state index in [0.717, 1.165) is 23.1 Å². The molecule has 0 unspecified atom stereocenters. The number of aliphatic carboxylic acids is 1. The molecule has 0 atom stereocenters. The predicted molar refractivity (Wildman–Crippen MR) is 146 cm³/mol. The molecule has 0 saturated heterocycles. The van der Waals surface area contributed by atoms with Crippen molar-refractivity contribution < 1.29 is 32.2 Å². The van der Waals surface area contributed by atoms with Crippen molar-refractivity contribution in [1.29, 1.82) is 0 Å². The van der Waals surface area contributed by atoms with Gasteiger partial charge in [-0.25, -0.2) is 19.2 Å². The van der Waals surface area contributed by atoms with Gasteiger partial charge >= 0.3 is 12.1 Å². The van der Waals surface area contributed by atoms with E-state index in [1.165, 1.54) is 25.1 Å². The van der Waals surface area contributed by atoms with Gasteiger partial charge in [0.05, 0.1) is 31.8 Å². The average molecular weight is 606 g/mol. The summed E-state index contributed by atoms with van der Waals surface area (Å²) in [4.78, 5) is 17.5. The highest BCUT2D eigenvalue weighted by atomic mass is 35.5. The van der Waals surface area contributed by atoms with Crippen molar-refractivity contribution >= 4 is 34.4 Å². The second-order valence-electron chi connectivity index (χ2n) is 9.02. The highest BCUT2D eigenvalue weighted by molar-refractivity contribution is 6.31. The van der Waals surface area contributed by atoms with Gasteiger partial charge in [-0.1, -0.05) is 35.9 Å². The number of carboxylic acids is 1. The molecule has 0 saturated carbocycles. The van der Waals surface area contributed by atoms with Gasteiger partial charge in [-0.15, -0.1) is 0 Å². The van der Waals surface area contributed by atoms with E-state index in [-0.39, 0.29) is 12.3 Å².